The average Bonchev–Trinajstić information content (AvgIpc) is 2.60. The molecule has 1 aromatic rings. The molecule has 5 rings (SSSR count). The van der Waals surface area contributed by atoms with E-state index >= 15 is 0 Å². The normalized spacial score (nSPS) is 32.0. The summed E-state index contributed by atoms with van der Waals surface area (Å²) in [4.78, 5) is 32.4. The first-order chi connectivity index (χ1) is 12.6. The SMILES string of the molecule is CNCCCCNC(=O)c1cnc(C23CC4CC(CC(C4)C2)C3)[nH]c1=O. The van der Waals surface area contributed by atoms with Crippen LogP contribution in [0.5, 0.6) is 0 Å². The van der Waals surface area contributed by atoms with Crippen molar-refractivity contribution in [3.63, 3.8) is 0 Å². The van der Waals surface area contributed by atoms with Crippen molar-refractivity contribution >= 4 is 5.91 Å². The molecule has 0 saturated heterocycles. The number of rotatable bonds is 7. The summed E-state index contributed by atoms with van der Waals surface area (Å²) in [5.74, 6) is 2.90. The van der Waals surface area contributed by atoms with Crippen LogP contribution in [0, 0.1) is 17.8 Å². The molecule has 0 atom stereocenters. The van der Waals surface area contributed by atoms with Crippen LogP contribution in [0.15, 0.2) is 11.0 Å². The lowest BCUT2D eigenvalue weighted by Gasteiger charge is -2.56. The summed E-state index contributed by atoms with van der Waals surface area (Å²) in [6.45, 7) is 1.51. The number of aromatic amines is 1. The second-order valence-corrected chi connectivity index (χ2v) is 8.74. The maximum Gasteiger partial charge on any atom is 0.263 e. The zero-order valence-electron chi connectivity index (χ0n) is 15.6. The van der Waals surface area contributed by atoms with Crippen LogP contribution in [-0.2, 0) is 5.41 Å². The van der Waals surface area contributed by atoms with E-state index in [0.29, 0.717) is 6.54 Å². The predicted molar refractivity (Wildman–Crippen MR) is 100 cm³/mol. The first kappa shape index (κ1) is 17.7. The van der Waals surface area contributed by atoms with Crippen LogP contribution in [0.1, 0.15) is 67.5 Å². The van der Waals surface area contributed by atoms with Crippen LogP contribution in [-0.4, -0.2) is 36.0 Å². The molecule has 6 nitrogen and oxygen atoms in total. The second kappa shape index (κ2) is 7.14. The fourth-order valence-electron chi connectivity index (χ4n) is 5.95. The molecule has 142 valence electrons. The monoisotopic (exact) mass is 358 g/mol. The van der Waals surface area contributed by atoms with Crippen molar-refractivity contribution in [2.45, 2.75) is 56.8 Å². The van der Waals surface area contributed by atoms with Crippen molar-refractivity contribution < 1.29 is 4.79 Å². The molecule has 4 fully saturated rings. The molecule has 26 heavy (non-hydrogen) atoms. The fraction of sp³-hybridized carbons (Fsp3) is 0.750. The van der Waals surface area contributed by atoms with Crippen molar-refractivity contribution in [1.82, 2.24) is 20.6 Å². The summed E-state index contributed by atoms with van der Waals surface area (Å²) in [6, 6.07) is 0. The molecular weight excluding hydrogens is 328 g/mol. The van der Waals surface area contributed by atoms with Crippen molar-refractivity contribution in [2.75, 3.05) is 20.1 Å². The minimum atomic E-state index is -0.319. The highest BCUT2D eigenvalue weighted by atomic mass is 16.2. The van der Waals surface area contributed by atoms with Crippen molar-refractivity contribution in [3.05, 3.63) is 27.9 Å². The quantitative estimate of drug-likeness (QED) is 0.651. The van der Waals surface area contributed by atoms with E-state index in [0.717, 1.165) is 62.2 Å². The number of unbranched alkanes of at least 4 members (excludes halogenated alkanes) is 1. The lowest BCUT2D eigenvalue weighted by atomic mass is 9.49. The molecule has 0 unspecified atom stereocenters. The lowest BCUT2D eigenvalue weighted by Crippen LogP contribution is -2.50. The second-order valence-electron chi connectivity index (χ2n) is 8.74. The first-order valence-corrected chi connectivity index (χ1v) is 10.1. The van der Waals surface area contributed by atoms with E-state index in [1.54, 1.807) is 0 Å². The van der Waals surface area contributed by atoms with E-state index in [-0.39, 0.29) is 22.4 Å². The van der Waals surface area contributed by atoms with Gasteiger partial charge in [-0.15, -0.1) is 0 Å². The maximum atomic E-state index is 12.5. The fourth-order valence-corrected chi connectivity index (χ4v) is 5.95. The highest BCUT2D eigenvalue weighted by Gasteiger charge is 2.52. The van der Waals surface area contributed by atoms with Gasteiger partial charge in [-0.3, -0.25) is 9.59 Å². The Labute approximate surface area is 154 Å². The van der Waals surface area contributed by atoms with Crippen LogP contribution in [0.4, 0.5) is 0 Å². The smallest absolute Gasteiger partial charge is 0.263 e. The lowest BCUT2D eigenvalue weighted by molar-refractivity contribution is -0.00953. The predicted octanol–water partition coefficient (Wildman–Crippen LogP) is 1.97. The molecule has 0 spiro atoms. The minimum absolute atomic E-state index is 0.0517. The Kier molecular flexibility index (Phi) is 4.86. The van der Waals surface area contributed by atoms with Gasteiger partial charge in [0.1, 0.15) is 11.4 Å². The maximum absolute atomic E-state index is 12.5. The van der Waals surface area contributed by atoms with Crippen LogP contribution >= 0.6 is 0 Å². The Balaban J connectivity index is 1.45. The molecule has 4 bridgehead atoms. The van der Waals surface area contributed by atoms with Gasteiger partial charge < -0.3 is 15.6 Å². The van der Waals surface area contributed by atoms with Crippen LogP contribution in [0.25, 0.3) is 0 Å². The Hall–Kier alpha value is -1.69. The molecule has 3 N–H and O–H groups in total. The zero-order valence-corrected chi connectivity index (χ0v) is 15.6. The molecule has 6 heteroatoms. The van der Waals surface area contributed by atoms with Crippen LogP contribution < -0.4 is 16.2 Å². The molecule has 4 aliphatic rings. The Morgan fingerprint density at radius 3 is 2.35 bits per heavy atom. The summed E-state index contributed by atoms with van der Waals surface area (Å²) in [7, 11) is 1.91. The van der Waals surface area contributed by atoms with Gasteiger partial charge in [-0.1, -0.05) is 0 Å². The number of aromatic nitrogens is 2. The van der Waals surface area contributed by atoms with Crippen molar-refractivity contribution in [2.24, 2.45) is 17.8 Å². The first-order valence-electron chi connectivity index (χ1n) is 10.1. The largest absolute Gasteiger partial charge is 0.352 e. The van der Waals surface area contributed by atoms with Crippen LogP contribution in [0.2, 0.25) is 0 Å². The van der Waals surface area contributed by atoms with E-state index in [9.17, 15) is 9.59 Å². The highest BCUT2D eigenvalue weighted by molar-refractivity contribution is 5.93. The van der Waals surface area contributed by atoms with E-state index in [1.807, 2.05) is 7.05 Å². The van der Waals surface area contributed by atoms with Gasteiger partial charge in [0.2, 0.25) is 0 Å². The third kappa shape index (κ3) is 3.31. The molecule has 1 amide bonds. The van der Waals surface area contributed by atoms with E-state index in [2.05, 4.69) is 20.6 Å². The number of hydrogen-bond donors (Lipinski definition) is 3. The van der Waals surface area contributed by atoms with Gasteiger partial charge in [0, 0.05) is 18.2 Å². The van der Waals surface area contributed by atoms with Gasteiger partial charge in [0.15, 0.2) is 0 Å². The highest BCUT2D eigenvalue weighted by Crippen LogP contribution is 2.59. The zero-order chi connectivity index (χ0) is 18.1. The number of amides is 1. The van der Waals surface area contributed by atoms with Crippen molar-refractivity contribution in [3.8, 4) is 0 Å². The van der Waals surface area contributed by atoms with E-state index < -0.39 is 0 Å². The van der Waals surface area contributed by atoms with E-state index in [1.165, 1.54) is 25.5 Å². The molecule has 0 aromatic carbocycles. The average molecular weight is 358 g/mol. The molecule has 4 saturated carbocycles. The molecule has 1 heterocycles. The molecule has 0 radical (unpaired) electrons. The minimum Gasteiger partial charge on any atom is -0.352 e. The Morgan fingerprint density at radius 1 is 1.15 bits per heavy atom. The van der Waals surface area contributed by atoms with Gasteiger partial charge in [-0.05, 0) is 82.7 Å². The van der Waals surface area contributed by atoms with Gasteiger partial charge in [-0.25, -0.2) is 4.98 Å². The third-order valence-corrected chi connectivity index (χ3v) is 6.72. The topological polar surface area (TPSA) is 86.9 Å². The van der Waals surface area contributed by atoms with Gasteiger partial charge in [0.05, 0.1) is 0 Å². The number of carbonyl (C=O) groups is 1. The number of hydrogen-bond acceptors (Lipinski definition) is 4. The summed E-state index contributed by atoms with van der Waals surface area (Å²) >= 11 is 0. The van der Waals surface area contributed by atoms with E-state index in [4.69, 9.17) is 0 Å². The Morgan fingerprint density at radius 2 is 1.77 bits per heavy atom. The molecular formula is C20H30N4O2. The van der Waals surface area contributed by atoms with Gasteiger partial charge in [-0.2, -0.15) is 0 Å². The number of nitrogens with zero attached hydrogens (tertiary/aromatic N) is 1. The molecule has 0 aliphatic heterocycles. The van der Waals surface area contributed by atoms with Gasteiger partial charge in [0.25, 0.3) is 11.5 Å². The third-order valence-electron chi connectivity index (χ3n) is 6.72. The summed E-state index contributed by atoms with van der Waals surface area (Å²) < 4.78 is 0. The number of nitrogens with one attached hydrogen (secondary N) is 3. The standard InChI is InChI=1S/C20H30N4O2/c1-21-4-2-3-5-22-17(25)16-12-23-19(24-18(16)26)20-9-13-6-14(10-20)8-15(7-13)11-20/h12-15,21H,2-11H2,1H3,(H,22,25)(H,23,24,26). The Bertz CT molecular complexity index is 691. The molecule has 1 aromatic heterocycles. The number of carbonyl (C=O) groups excluding carboxylic acids is 1. The number of H-pyrrole nitrogens is 1. The van der Waals surface area contributed by atoms with Crippen molar-refractivity contribution in [1.29, 1.82) is 0 Å². The van der Waals surface area contributed by atoms with Gasteiger partial charge >= 0.3 is 0 Å². The summed E-state index contributed by atoms with van der Waals surface area (Å²) in [6.07, 6.45) is 10.9. The summed E-state index contributed by atoms with van der Waals surface area (Å²) in [5, 5.41) is 5.91. The molecule has 4 aliphatic carbocycles. The van der Waals surface area contributed by atoms with Crippen LogP contribution in [0.3, 0.4) is 0 Å². The summed E-state index contributed by atoms with van der Waals surface area (Å²) in [5.41, 5.74) is -0.110.